The van der Waals surface area contributed by atoms with Crippen LogP contribution < -0.4 is 15.6 Å². The van der Waals surface area contributed by atoms with Gasteiger partial charge in [0, 0.05) is 6.04 Å². The topological polar surface area (TPSA) is 70.6 Å². The maximum absolute atomic E-state index is 11.3. The van der Waals surface area contributed by atoms with E-state index in [1.54, 1.807) is 0 Å². The van der Waals surface area contributed by atoms with Gasteiger partial charge in [0.25, 0.3) is 0 Å². The molecule has 5 nitrogen and oxygen atoms in total. The van der Waals surface area contributed by atoms with Crippen LogP contribution in [0.1, 0.15) is 25.5 Å². The fraction of sp³-hybridized carbons (Fsp3) is 0.462. The van der Waals surface area contributed by atoms with Gasteiger partial charge in [0.15, 0.2) is 0 Å². The highest BCUT2D eigenvalue weighted by molar-refractivity contribution is 5.72. The normalized spacial score (nSPS) is 27.1. The van der Waals surface area contributed by atoms with Crippen LogP contribution in [-0.2, 0) is 4.79 Å². The molecule has 1 aromatic rings. The van der Waals surface area contributed by atoms with Crippen molar-refractivity contribution in [1.29, 1.82) is 0 Å². The van der Waals surface area contributed by atoms with Gasteiger partial charge in [-0.25, -0.2) is 5.43 Å². The Labute approximate surface area is 106 Å². The quantitative estimate of drug-likeness (QED) is 0.752. The lowest BCUT2D eigenvalue weighted by molar-refractivity contribution is -0.142. The average molecular weight is 250 g/mol. The van der Waals surface area contributed by atoms with Crippen molar-refractivity contribution in [2.24, 2.45) is 5.92 Å². The van der Waals surface area contributed by atoms with Crippen molar-refractivity contribution < 1.29 is 14.6 Å². The predicted octanol–water partition coefficient (Wildman–Crippen LogP) is 1.32. The van der Waals surface area contributed by atoms with Gasteiger partial charge in [-0.1, -0.05) is 12.1 Å². The van der Waals surface area contributed by atoms with E-state index in [2.05, 4.69) is 10.9 Å². The second-order valence-electron chi connectivity index (χ2n) is 4.42. The van der Waals surface area contributed by atoms with Gasteiger partial charge < -0.3 is 9.84 Å². The number of hydrogen-bond donors (Lipinski definition) is 3. The molecule has 0 spiro atoms. The van der Waals surface area contributed by atoms with E-state index in [0.29, 0.717) is 6.61 Å². The predicted molar refractivity (Wildman–Crippen MR) is 67.2 cm³/mol. The van der Waals surface area contributed by atoms with Crippen molar-refractivity contribution in [1.82, 2.24) is 10.9 Å². The first-order valence-electron chi connectivity index (χ1n) is 6.10. The molecule has 0 radical (unpaired) electrons. The number of nitrogens with one attached hydrogen (secondary N) is 2. The standard InChI is InChI=1S/C13H18N2O3/c1-3-18-10-6-4-5-9(7-10)12-11(13(16)17)8(2)14-15-12/h4-8,11-12,14-15H,3H2,1-2H3,(H,16,17). The molecule has 2 rings (SSSR count). The molecular formula is C13H18N2O3. The summed E-state index contributed by atoms with van der Waals surface area (Å²) in [4.78, 5) is 11.3. The molecule has 1 heterocycles. The fourth-order valence-corrected chi connectivity index (χ4v) is 2.30. The van der Waals surface area contributed by atoms with Crippen molar-refractivity contribution in [3.05, 3.63) is 29.8 Å². The second kappa shape index (κ2) is 5.37. The lowest BCUT2D eigenvalue weighted by Crippen LogP contribution is -2.30. The molecular weight excluding hydrogens is 232 g/mol. The number of benzene rings is 1. The first-order chi connectivity index (χ1) is 8.63. The number of carboxylic acids is 1. The van der Waals surface area contributed by atoms with Crippen molar-refractivity contribution >= 4 is 5.97 Å². The van der Waals surface area contributed by atoms with E-state index in [4.69, 9.17) is 4.74 Å². The maximum atomic E-state index is 11.3. The number of ether oxygens (including phenoxy) is 1. The van der Waals surface area contributed by atoms with Crippen molar-refractivity contribution in [2.45, 2.75) is 25.9 Å². The molecule has 3 N–H and O–H groups in total. The zero-order chi connectivity index (χ0) is 13.1. The van der Waals surface area contributed by atoms with Crippen LogP contribution in [0.15, 0.2) is 24.3 Å². The van der Waals surface area contributed by atoms with E-state index >= 15 is 0 Å². The van der Waals surface area contributed by atoms with Crippen LogP contribution in [0.25, 0.3) is 0 Å². The molecule has 98 valence electrons. The zero-order valence-corrected chi connectivity index (χ0v) is 10.5. The highest BCUT2D eigenvalue weighted by Gasteiger charge is 2.39. The van der Waals surface area contributed by atoms with Crippen LogP contribution in [-0.4, -0.2) is 23.7 Å². The van der Waals surface area contributed by atoms with Crippen LogP contribution in [0, 0.1) is 5.92 Å². The van der Waals surface area contributed by atoms with Crippen molar-refractivity contribution in [2.75, 3.05) is 6.61 Å². The number of carboxylic acid groups (broad SMARTS) is 1. The average Bonchev–Trinajstić information content (AvgIpc) is 2.72. The van der Waals surface area contributed by atoms with E-state index in [1.165, 1.54) is 0 Å². The SMILES string of the molecule is CCOc1cccc(C2NNC(C)C2C(=O)O)c1. The summed E-state index contributed by atoms with van der Waals surface area (Å²) in [6, 6.07) is 7.20. The first-order valence-corrected chi connectivity index (χ1v) is 6.10. The summed E-state index contributed by atoms with van der Waals surface area (Å²) in [5.74, 6) is -0.519. The van der Waals surface area contributed by atoms with Gasteiger partial charge in [0.2, 0.25) is 0 Å². The Morgan fingerprint density at radius 2 is 2.22 bits per heavy atom. The van der Waals surface area contributed by atoms with Crippen LogP contribution in [0.4, 0.5) is 0 Å². The van der Waals surface area contributed by atoms with Gasteiger partial charge >= 0.3 is 5.97 Å². The maximum Gasteiger partial charge on any atom is 0.310 e. The Morgan fingerprint density at radius 3 is 2.89 bits per heavy atom. The molecule has 0 amide bonds. The van der Waals surface area contributed by atoms with E-state index in [9.17, 15) is 9.90 Å². The van der Waals surface area contributed by atoms with Crippen LogP contribution >= 0.6 is 0 Å². The summed E-state index contributed by atoms with van der Waals surface area (Å²) in [7, 11) is 0. The first kappa shape index (κ1) is 12.9. The zero-order valence-electron chi connectivity index (χ0n) is 10.5. The Kier molecular flexibility index (Phi) is 3.84. The highest BCUT2D eigenvalue weighted by Crippen LogP contribution is 2.30. The van der Waals surface area contributed by atoms with Gasteiger partial charge in [-0.15, -0.1) is 0 Å². The largest absolute Gasteiger partial charge is 0.494 e. The molecule has 1 aliphatic heterocycles. The third-order valence-corrected chi connectivity index (χ3v) is 3.18. The number of hydrogen-bond acceptors (Lipinski definition) is 4. The number of hydrazine groups is 1. The van der Waals surface area contributed by atoms with Gasteiger partial charge in [0.05, 0.1) is 18.6 Å². The summed E-state index contributed by atoms with van der Waals surface area (Å²) in [5.41, 5.74) is 6.94. The summed E-state index contributed by atoms with van der Waals surface area (Å²) < 4.78 is 5.43. The molecule has 3 unspecified atom stereocenters. The highest BCUT2D eigenvalue weighted by atomic mass is 16.5. The molecule has 0 aromatic heterocycles. The van der Waals surface area contributed by atoms with Crippen molar-refractivity contribution in [3.63, 3.8) is 0 Å². The third-order valence-electron chi connectivity index (χ3n) is 3.18. The van der Waals surface area contributed by atoms with Gasteiger partial charge in [-0.2, -0.15) is 0 Å². The summed E-state index contributed by atoms with van der Waals surface area (Å²) in [6.07, 6.45) is 0. The lowest BCUT2D eigenvalue weighted by Gasteiger charge is -2.17. The Morgan fingerprint density at radius 1 is 1.44 bits per heavy atom. The Balaban J connectivity index is 2.25. The minimum atomic E-state index is -0.799. The number of aliphatic carboxylic acids is 1. The molecule has 0 saturated carbocycles. The van der Waals surface area contributed by atoms with Gasteiger partial charge in [-0.3, -0.25) is 10.2 Å². The second-order valence-corrected chi connectivity index (χ2v) is 4.42. The summed E-state index contributed by atoms with van der Waals surface area (Å²) in [5, 5.41) is 9.28. The third kappa shape index (κ3) is 2.47. The molecule has 3 atom stereocenters. The van der Waals surface area contributed by atoms with Gasteiger partial charge in [0.1, 0.15) is 5.75 Å². The molecule has 0 aliphatic carbocycles. The smallest absolute Gasteiger partial charge is 0.310 e. The lowest BCUT2D eigenvalue weighted by atomic mass is 9.90. The monoisotopic (exact) mass is 250 g/mol. The van der Waals surface area contributed by atoms with Crippen LogP contribution in [0.3, 0.4) is 0 Å². The van der Waals surface area contributed by atoms with E-state index in [0.717, 1.165) is 11.3 Å². The molecule has 1 saturated heterocycles. The van der Waals surface area contributed by atoms with Crippen molar-refractivity contribution in [3.8, 4) is 5.75 Å². The Bertz CT molecular complexity index is 436. The summed E-state index contributed by atoms with van der Waals surface area (Å²) in [6.45, 7) is 4.38. The molecule has 5 heteroatoms. The molecule has 0 bridgehead atoms. The number of rotatable bonds is 4. The molecule has 1 aliphatic rings. The van der Waals surface area contributed by atoms with E-state index in [1.807, 2.05) is 38.1 Å². The Hall–Kier alpha value is -1.59. The van der Waals surface area contributed by atoms with Gasteiger partial charge in [-0.05, 0) is 31.5 Å². The van der Waals surface area contributed by atoms with Crippen LogP contribution in [0.2, 0.25) is 0 Å². The molecule has 1 fully saturated rings. The van der Waals surface area contributed by atoms with E-state index in [-0.39, 0.29) is 12.1 Å². The van der Waals surface area contributed by atoms with E-state index < -0.39 is 11.9 Å². The number of carbonyl (C=O) groups is 1. The molecule has 18 heavy (non-hydrogen) atoms. The molecule has 1 aromatic carbocycles. The minimum Gasteiger partial charge on any atom is -0.494 e. The summed E-state index contributed by atoms with van der Waals surface area (Å²) >= 11 is 0. The van der Waals surface area contributed by atoms with Crippen LogP contribution in [0.5, 0.6) is 5.75 Å². The minimum absolute atomic E-state index is 0.108. The fourth-order valence-electron chi connectivity index (χ4n) is 2.30.